The van der Waals surface area contributed by atoms with Crippen molar-refractivity contribution in [1.82, 2.24) is 9.55 Å². The number of aryl methyl sites for hydroxylation is 2. The molecular weight excluding hydrogens is 302 g/mol. The Bertz CT molecular complexity index is 650. The molecule has 0 radical (unpaired) electrons. The Morgan fingerprint density at radius 3 is 2.79 bits per heavy atom. The molecule has 2 rings (SSSR count). The van der Waals surface area contributed by atoms with Gasteiger partial charge in [-0.1, -0.05) is 40.9 Å². The summed E-state index contributed by atoms with van der Waals surface area (Å²) in [7, 11) is 0. The summed E-state index contributed by atoms with van der Waals surface area (Å²) in [5.74, 6) is 4.17. The normalized spacial score (nSPS) is 10.4. The first-order valence-corrected chi connectivity index (χ1v) is 6.92. The van der Waals surface area contributed by atoms with E-state index in [1.165, 1.54) is 5.56 Å². The number of halogens is 1. The van der Waals surface area contributed by atoms with Crippen LogP contribution in [-0.2, 0) is 13.0 Å². The van der Waals surface area contributed by atoms with Gasteiger partial charge < -0.3 is 10.3 Å². The van der Waals surface area contributed by atoms with Gasteiger partial charge in [-0.25, -0.2) is 4.98 Å². The molecular formula is C15H16BrN3. The molecule has 0 saturated heterocycles. The Kier molecular flexibility index (Phi) is 3.96. The number of nitrogens with zero attached hydrogens (tertiary/aromatic N) is 2. The standard InChI is InChI=1S/C15H16BrN3/c1-4-8-19-13(5-2)18-14(15(19)17)11-7-6-10(3)12(16)9-11/h1,6-7,9H,5,8,17H2,2-3H3. The second-order valence-corrected chi connectivity index (χ2v) is 5.22. The number of aromatic nitrogens is 2. The van der Waals surface area contributed by atoms with Gasteiger partial charge in [0.15, 0.2) is 0 Å². The minimum atomic E-state index is 0.453. The molecule has 0 amide bonds. The summed E-state index contributed by atoms with van der Waals surface area (Å²) in [5, 5.41) is 0. The van der Waals surface area contributed by atoms with Gasteiger partial charge in [0.2, 0.25) is 0 Å². The highest BCUT2D eigenvalue weighted by molar-refractivity contribution is 9.10. The average molecular weight is 318 g/mol. The van der Waals surface area contributed by atoms with E-state index in [9.17, 15) is 0 Å². The van der Waals surface area contributed by atoms with Crippen LogP contribution in [0.1, 0.15) is 18.3 Å². The van der Waals surface area contributed by atoms with E-state index in [0.29, 0.717) is 12.4 Å². The van der Waals surface area contributed by atoms with Crippen LogP contribution >= 0.6 is 15.9 Å². The molecule has 1 aromatic carbocycles. The molecule has 2 N–H and O–H groups in total. The van der Waals surface area contributed by atoms with Crippen molar-refractivity contribution >= 4 is 21.7 Å². The van der Waals surface area contributed by atoms with E-state index >= 15 is 0 Å². The quantitative estimate of drug-likeness (QED) is 0.882. The predicted octanol–water partition coefficient (Wildman–Crippen LogP) is 3.40. The van der Waals surface area contributed by atoms with Gasteiger partial charge in [-0.05, 0) is 18.6 Å². The van der Waals surface area contributed by atoms with Crippen molar-refractivity contribution in [2.75, 3.05) is 5.73 Å². The van der Waals surface area contributed by atoms with E-state index in [1.54, 1.807) is 0 Å². The summed E-state index contributed by atoms with van der Waals surface area (Å²) in [6, 6.07) is 6.11. The van der Waals surface area contributed by atoms with Crippen molar-refractivity contribution in [2.45, 2.75) is 26.8 Å². The van der Waals surface area contributed by atoms with Crippen LogP contribution in [0, 0.1) is 19.3 Å². The third-order valence-corrected chi connectivity index (χ3v) is 3.95. The molecule has 0 aliphatic rings. The van der Waals surface area contributed by atoms with Gasteiger partial charge in [0.1, 0.15) is 17.3 Å². The maximum Gasteiger partial charge on any atom is 0.132 e. The van der Waals surface area contributed by atoms with Gasteiger partial charge in [0.25, 0.3) is 0 Å². The topological polar surface area (TPSA) is 43.8 Å². The molecule has 0 bridgehead atoms. The lowest BCUT2D eigenvalue weighted by Gasteiger charge is -2.05. The first-order chi connectivity index (χ1) is 9.08. The zero-order valence-corrected chi connectivity index (χ0v) is 12.7. The molecule has 0 aliphatic carbocycles. The third-order valence-electron chi connectivity index (χ3n) is 3.10. The molecule has 1 aromatic heterocycles. The minimum absolute atomic E-state index is 0.453. The van der Waals surface area contributed by atoms with Crippen LogP contribution in [-0.4, -0.2) is 9.55 Å². The van der Waals surface area contributed by atoms with Gasteiger partial charge >= 0.3 is 0 Å². The fraction of sp³-hybridized carbons (Fsp3) is 0.267. The largest absolute Gasteiger partial charge is 0.383 e. The van der Waals surface area contributed by atoms with E-state index in [0.717, 1.165) is 28.0 Å². The van der Waals surface area contributed by atoms with Crippen LogP contribution in [0.2, 0.25) is 0 Å². The van der Waals surface area contributed by atoms with E-state index < -0.39 is 0 Å². The van der Waals surface area contributed by atoms with Crippen molar-refractivity contribution < 1.29 is 0 Å². The van der Waals surface area contributed by atoms with Crippen molar-refractivity contribution in [3.63, 3.8) is 0 Å². The molecule has 0 spiro atoms. The van der Waals surface area contributed by atoms with Gasteiger partial charge in [-0.3, -0.25) is 0 Å². The fourth-order valence-electron chi connectivity index (χ4n) is 2.00. The van der Waals surface area contributed by atoms with Crippen molar-refractivity contribution in [3.05, 3.63) is 34.1 Å². The lowest BCUT2D eigenvalue weighted by atomic mass is 10.1. The highest BCUT2D eigenvalue weighted by atomic mass is 79.9. The summed E-state index contributed by atoms with van der Waals surface area (Å²) >= 11 is 3.53. The van der Waals surface area contributed by atoms with E-state index in [4.69, 9.17) is 12.2 Å². The Labute approximate surface area is 122 Å². The molecule has 0 unspecified atom stereocenters. The summed E-state index contributed by atoms with van der Waals surface area (Å²) in [5.41, 5.74) is 9.16. The number of nitrogen functional groups attached to an aromatic ring is 1. The molecule has 0 saturated carbocycles. The average Bonchev–Trinajstić information content (AvgIpc) is 2.71. The maximum absolute atomic E-state index is 6.18. The molecule has 0 atom stereocenters. The maximum atomic E-state index is 6.18. The number of benzene rings is 1. The number of hydrogen-bond acceptors (Lipinski definition) is 2. The van der Waals surface area contributed by atoms with E-state index in [1.807, 2.05) is 36.6 Å². The second-order valence-electron chi connectivity index (χ2n) is 4.37. The molecule has 0 aliphatic heterocycles. The number of terminal acetylenes is 1. The van der Waals surface area contributed by atoms with Crippen LogP contribution in [0.4, 0.5) is 5.82 Å². The molecule has 4 heteroatoms. The van der Waals surface area contributed by atoms with Crippen molar-refractivity contribution in [1.29, 1.82) is 0 Å². The number of imidazole rings is 1. The summed E-state index contributed by atoms with van der Waals surface area (Å²) in [6.45, 7) is 4.55. The molecule has 3 nitrogen and oxygen atoms in total. The SMILES string of the molecule is C#CCn1c(CC)nc(-c2ccc(C)c(Br)c2)c1N. The summed E-state index contributed by atoms with van der Waals surface area (Å²) in [6.07, 6.45) is 6.19. The van der Waals surface area contributed by atoms with Gasteiger partial charge in [-0.2, -0.15) is 0 Å². The summed E-state index contributed by atoms with van der Waals surface area (Å²) < 4.78 is 2.94. The van der Waals surface area contributed by atoms with Crippen LogP contribution < -0.4 is 5.73 Å². The van der Waals surface area contributed by atoms with E-state index in [-0.39, 0.29) is 0 Å². The molecule has 1 heterocycles. The zero-order chi connectivity index (χ0) is 14.0. The fourth-order valence-corrected chi connectivity index (χ4v) is 2.38. The van der Waals surface area contributed by atoms with Gasteiger partial charge in [-0.15, -0.1) is 6.42 Å². The Hall–Kier alpha value is -1.73. The Morgan fingerprint density at radius 1 is 1.47 bits per heavy atom. The van der Waals surface area contributed by atoms with Crippen LogP contribution in [0.25, 0.3) is 11.3 Å². The number of nitrogens with two attached hydrogens (primary N) is 1. The Morgan fingerprint density at radius 2 is 2.21 bits per heavy atom. The number of anilines is 1. The van der Waals surface area contributed by atoms with E-state index in [2.05, 4.69) is 26.8 Å². The van der Waals surface area contributed by atoms with Crippen LogP contribution in [0.5, 0.6) is 0 Å². The van der Waals surface area contributed by atoms with Crippen LogP contribution in [0.3, 0.4) is 0 Å². The highest BCUT2D eigenvalue weighted by Crippen LogP contribution is 2.30. The molecule has 2 aromatic rings. The first kappa shape index (κ1) is 13.7. The van der Waals surface area contributed by atoms with Crippen LogP contribution in [0.15, 0.2) is 22.7 Å². The third kappa shape index (κ3) is 2.52. The highest BCUT2D eigenvalue weighted by Gasteiger charge is 2.15. The molecule has 0 fully saturated rings. The monoisotopic (exact) mass is 317 g/mol. The number of hydrogen-bond donors (Lipinski definition) is 1. The second kappa shape index (κ2) is 5.50. The lowest BCUT2D eigenvalue weighted by Crippen LogP contribution is -2.05. The summed E-state index contributed by atoms with van der Waals surface area (Å²) in [4.78, 5) is 4.61. The zero-order valence-electron chi connectivity index (χ0n) is 11.1. The van der Waals surface area contributed by atoms with Gasteiger partial charge in [0, 0.05) is 16.5 Å². The Balaban J connectivity index is 2.56. The van der Waals surface area contributed by atoms with Crippen molar-refractivity contribution in [3.8, 4) is 23.6 Å². The minimum Gasteiger partial charge on any atom is -0.383 e. The smallest absolute Gasteiger partial charge is 0.132 e. The first-order valence-electron chi connectivity index (χ1n) is 6.13. The molecule has 98 valence electrons. The lowest BCUT2D eigenvalue weighted by molar-refractivity contribution is 0.769. The predicted molar refractivity (Wildman–Crippen MR) is 82.7 cm³/mol. The number of rotatable bonds is 3. The molecule has 19 heavy (non-hydrogen) atoms. The van der Waals surface area contributed by atoms with Crippen molar-refractivity contribution in [2.24, 2.45) is 0 Å². The van der Waals surface area contributed by atoms with Gasteiger partial charge in [0.05, 0.1) is 6.54 Å².